The van der Waals surface area contributed by atoms with Crippen molar-refractivity contribution in [2.45, 2.75) is 52.6 Å². The fourth-order valence-electron chi connectivity index (χ4n) is 2.60. The number of hydrogen-bond donors (Lipinski definition) is 1. The number of aromatic nitrogens is 2. The first-order chi connectivity index (χ1) is 8.99. The molecule has 1 saturated carbocycles. The zero-order chi connectivity index (χ0) is 14.0. The van der Waals surface area contributed by atoms with Gasteiger partial charge in [-0.1, -0.05) is 25.6 Å². The van der Waals surface area contributed by atoms with Gasteiger partial charge in [0.2, 0.25) is 5.88 Å². The van der Waals surface area contributed by atoms with E-state index in [9.17, 15) is 0 Å². The average Bonchev–Trinajstić information content (AvgIpc) is 2.33. The molecule has 1 aromatic heterocycles. The fourth-order valence-corrected chi connectivity index (χ4v) is 2.84. The van der Waals surface area contributed by atoms with Crippen molar-refractivity contribution in [1.82, 2.24) is 10.2 Å². The summed E-state index contributed by atoms with van der Waals surface area (Å²) in [6, 6.07) is 0. The summed E-state index contributed by atoms with van der Waals surface area (Å²) in [4.78, 5) is 0.328. The lowest BCUT2D eigenvalue weighted by molar-refractivity contribution is 0.122. The largest absolute Gasteiger partial charge is 0.473 e. The lowest BCUT2D eigenvalue weighted by Crippen LogP contribution is -2.26. The Morgan fingerprint density at radius 1 is 1.32 bits per heavy atom. The van der Waals surface area contributed by atoms with Gasteiger partial charge in [0.25, 0.3) is 0 Å². The molecule has 0 saturated heterocycles. The third-order valence-corrected chi connectivity index (χ3v) is 4.04. The van der Waals surface area contributed by atoms with Crippen LogP contribution in [0.2, 0.25) is 0 Å². The van der Waals surface area contributed by atoms with Gasteiger partial charge in [0.05, 0.1) is 11.3 Å². The summed E-state index contributed by atoms with van der Waals surface area (Å²) in [7, 11) is 0. The van der Waals surface area contributed by atoms with Gasteiger partial charge in [-0.05, 0) is 44.6 Å². The Bertz CT molecular complexity index is 490. The van der Waals surface area contributed by atoms with Crippen molar-refractivity contribution in [3.05, 3.63) is 16.8 Å². The molecule has 2 rings (SSSR count). The van der Waals surface area contributed by atoms with Crippen molar-refractivity contribution < 1.29 is 4.74 Å². The van der Waals surface area contributed by atoms with Gasteiger partial charge in [0.1, 0.15) is 11.1 Å². The monoisotopic (exact) mass is 279 g/mol. The van der Waals surface area contributed by atoms with Crippen LogP contribution in [0, 0.1) is 19.8 Å². The van der Waals surface area contributed by atoms with Gasteiger partial charge in [-0.25, -0.2) is 0 Å². The first kappa shape index (κ1) is 14.2. The van der Waals surface area contributed by atoms with Crippen LogP contribution in [0.3, 0.4) is 0 Å². The Kier molecular flexibility index (Phi) is 4.34. The second-order valence-electron chi connectivity index (χ2n) is 5.47. The van der Waals surface area contributed by atoms with E-state index in [1.54, 1.807) is 0 Å². The van der Waals surface area contributed by atoms with Crippen LogP contribution in [0.1, 0.15) is 49.4 Å². The smallest absolute Gasteiger partial charge is 0.244 e. The number of aryl methyl sites for hydroxylation is 1. The number of nitrogens with two attached hydrogens (primary N) is 1. The van der Waals surface area contributed by atoms with Crippen LogP contribution in [-0.4, -0.2) is 21.3 Å². The fraction of sp³-hybridized carbons (Fsp3) is 0.643. The Labute approximate surface area is 119 Å². The first-order valence-corrected chi connectivity index (χ1v) is 7.20. The zero-order valence-corrected chi connectivity index (χ0v) is 12.6. The van der Waals surface area contributed by atoms with Crippen molar-refractivity contribution in [2.75, 3.05) is 0 Å². The maximum absolute atomic E-state index is 6.01. The van der Waals surface area contributed by atoms with Crippen molar-refractivity contribution in [2.24, 2.45) is 11.7 Å². The summed E-state index contributed by atoms with van der Waals surface area (Å²) < 4.78 is 6.01. The molecule has 0 bridgehead atoms. The van der Waals surface area contributed by atoms with Crippen molar-refractivity contribution >= 4 is 17.2 Å². The molecule has 19 heavy (non-hydrogen) atoms. The molecule has 2 unspecified atom stereocenters. The van der Waals surface area contributed by atoms with Crippen LogP contribution in [0.25, 0.3) is 0 Å². The molecule has 1 fully saturated rings. The Hall–Kier alpha value is -1.23. The highest BCUT2D eigenvalue weighted by Gasteiger charge is 2.23. The summed E-state index contributed by atoms with van der Waals surface area (Å²) in [5, 5.41) is 8.26. The molecule has 2 atom stereocenters. The summed E-state index contributed by atoms with van der Waals surface area (Å²) in [6.07, 6.45) is 4.81. The van der Waals surface area contributed by atoms with E-state index in [1.165, 1.54) is 12.8 Å². The van der Waals surface area contributed by atoms with Gasteiger partial charge in [-0.15, -0.1) is 5.10 Å². The number of nitrogens with zero attached hydrogens (tertiary/aromatic N) is 2. The molecule has 5 heteroatoms. The molecule has 0 spiro atoms. The maximum Gasteiger partial charge on any atom is 0.244 e. The summed E-state index contributed by atoms with van der Waals surface area (Å²) >= 11 is 5.12. The van der Waals surface area contributed by atoms with Crippen molar-refractivity contribution in [3.8, 4) is 5.88 Å². The first-order valence-electron chi connectivity index (χ1n) is 6.79. The minimum atomic E-state index is 0.202. The lowest BCUT2D eigenvalue weighted by Gasteiger charge is -2.27. The number of thiocarbonyl (C=S) groups is 1. The Morgan fingerprint density at radius 3 is 2.68 bits per heavy atom. The normalized spacial score (nSPS) is 23.1. The highest BCUT2D eigenvalue weighted by molar-refractivity contribution is 7.80. The SMILES string of the molecule is Cc1nnc(OC2CCCC(C)C2)c(C(N)=S)c1C. The molecule has 104 valence electrons. The van der Waals surface area contributed by atoms with E-state index in [1.807, 2.05) is 13.8 Å². The molecule has 1 aliphatic rings. The quantitative estimate of drug-likeness (QED) is 0.862. The van der Waals surface area contributed by atoms with Crippen LogP contribution < -0.4 is 10.5 Å². The number of hydrogen-bond acceptors (Lipinski definition) is 4. The minimum absolute atomic E-state index is 0.202. The highest BCUT2D eigenvalue weighted by atomic mass is 32.1. The predicted octanol–water partition coefficient (Wildman–Crippen LogP) is 2.69. The third-order valence-electron chi connectivity index (χ3n) is 3.84. The Balaban J connectivity index is 2.24. The van der Waals surface area contributed by atoms with E-state index < -0.39 is 0 Å². The van der Waals surface area contributed by atoms with Gasteiger partial charge in [0, 0.05) is 0 Å². The lowest BCUT2D eigenvalue weighted by atomic mass is 9.89. The molecule has 1 aliphatic carbocycles. The van der Waals surface area contributed by atoms with Crippen LogP contribution in [0.4, 0.5) is 0 Å². The molecule has 0 aliphatic heterocycles. The van der Waals surface area contributed by atoms with Gasteiger partial charge in [-0.2, -0.15) is 5.10 Å². The molecule has 0 aromatic carbocycles. The van der Waals surface area contributed by atoms with E-state index in [0.717, 1.165) is 29.7 Å². The summed E-state index contributed by atoms with van der Waals surface area (Å²) in [5.41, 5.74) is 8.34. The van der Waals surface area contributed by atoms with Gasteiger partial charge >= 0.3 is 0 Å². The van der Waals surface area contributed by atoms with Crippen molar-refractivity contribution in [1.29, 1.82) is 0 Å². The van der Waals surface area contributed by atoms with Crippen molar-refractivity contribution in [3.63, 3.8) is 0 Å². The molecule has 1 heterocycles. The van der Waals surface area contributed by atoms with E-state index >= 15 is 0 Å². The summed E-state index contributed by atoms with van der Waals surface area (Å²) in [5.74, 6) is 1.20. The molecular weight excluding hydrogens is 258 g/mol. The van der Waals surface area contributed by atoms with Crippen LogP contribution in [0.5, 0.6) is 5.88 Å². The van der Waals surface area contributed by atoms with Gasteiger partial charge in [0.15, 0.2) is 0 Å². The molecule has 2 N–H and O–H groups in total. The average molecular weight is 279 g/mol. The molecule has 0 amide bonds. The van der Waals surface area contributed by atoms with E-state index in [4.69, 9.17) is 22.7 Å². The van der Waals surface area contributed by atoms with Gasteiger partial charge < -0.3 is 10.5 Å². The standard InChI is InChI=1S/C14H21N3OS/c1-8-5-4-6-11(7-8)18-14-12(13(15)19)9(2)10(3)16-17-14/h8,11H,4-7H2,1-3H3,(H2,15,19). The number of ether oxygens (including phenoxy) is 1. The molecule has 0 radical (unpaired) electrons. The molecule has 1 aromatic rings. The van der Waals surface area contributed by atoms with Crippen LogP contribution >= 0.6 is 12.2 Å². The van der Waals surface area contributed by atoms with Crippen LogP contribution in [0.15, 0.2) is 0 Å². The molecular formula is C14H21N3OS. The highest BCUT2D eigenvalue weighted by Crippen LogP contribution is 2.29. The van der Waals surface area contributed by atoms with Crippen LogP contribution in [-0.2, 0) is 0 Å². The van der Waals surface area contributed by atoms with E-state index in [2.05, 4.69) is 17.1 Å². The third kappa shape index (κ3) is 3.21. The summed E-state index contributed by atoms with van der Waals surface area (Å²) in [6.45, 7) is 6.11. The second kappa shape index (κ2) is 5.82. The molecule has 4 nitrogen and oxygen atoms in total. The number of rotatable bonds is 3. The van der Waals surface area contributed by atoms with E-state index in [-0.39, 0.29) is 6.10 Å². The van der Waals surface area contributed by atoms with E-state index in [0.29, 0.717) is 16.8 Å². The zero-order valence-electron chi connectivity index (χ0n) is 11.8. The second-order valence-corrected chi connectivity index (χ2v) is 5.91. The predicted molar refractivity (Wildman–Crippen MR) is 79.4 cm³/mol. The maximum atomic E-state index is 6.01. The Morgan fingerprint density at radius 2 is 2.05 bits per heavy atom. The van der Waals surface area contributed by atoms with Gasteiger partial charge in [-0.3, -0.25) is 0 Å². The minimum Gasteiger partial charge on any atom is -0.473 e. The topological polar surface area (TPSA) is 61.0 Å².